The number of rotatable bonds is 18. The molecule has 1 saturated heterocycles. The molecule has 0 radical (unpaired) electrons. The van der Waals surface area contributed by atoms with Crippen molar-refractivity contribution in [1.82, 2.24) is 4.72 Å². The van der Waals surface area contributed by atoms with Crippen molar-refractivity contribution in [1.29, 1.82) is 0 Å². The van der Waals surface area contributed by atoms with E-state index >= 15 is 0 Å². The van der Waals surface area contributed by atoms with Crippen molar-refractivity contribution < 1.29 is 51.6 Å². The molecule has 0 saturated carbocycles. The molecule has 0 spiro atoms. The summed E-state index contributed by atoms with van der Waals surface area (Å²) in [5, 5.41) is 19.9. The highest BCUT2D eigenvalue weighted by Gasteiger charge is 2.50. The third-order valence-electron chi connectivity index (χ3n) is 9.58. The van der Waals surface area contributed by atoms with Gasteiger partial charge in [-0.2, -0.15) is 0 Å². The number of carbonyl (C=O) groups is 3. The van der Waals surface area contributed by atoms with Crippen LogP contribution in [0.1, 0.15) is 73.1 Å². The molecule has 1 aliphatic rings. The van der Waals surface area contributed by atoms with Gasteiger partial charge in [0.25, 0.3) is 0 Å². The predicted octanol–water partition coefficient (Wildman–Crippen LogP) is 5.31. The Hall–Kier alpha value is -5.59. The van der Waals surface area contributed by atoms with Crippen LogP contribution in [0.5, 0.6) is 5.75 Å². The average molecular weight is 815 g/mol. The fourth-order valence-corrected chi connectivity index (χ4v) is 7.26. The van der Waals surface area contributed by atoms with Gasteiger partial charge in [-0.25, -0.2) is 17.5 Å². The molecule has 3 atom stereocenters. The number of hydrogen-bond donors (Lipinski definition) is 3. The van der Waals surface area contributed by atoms with Gasteiger partial charge in [0.15, 0.2) is 0 Å². The molecule has 1 heterocycles. The zero-order valence-electron chi connectivity index (χ0n) is 32.5. The fraction of sp³-hybridized carbons (Fsp3) is 0.341. The summed E-state index contributed by atoms with van der Waals surface area (Å²) in [7, 11) is -3.30. The summed E-state index contributed by atoms with van der Waals surface area (Å²) in [6.07, 6.45) is 2.11. The van der Waals surface area contributed by atoms with Gasteiger partial charge in [-0.1, -0.05) is 66.6 Å². The first-order valence-electron chi connectivity index (χ1n) is 18.8. The number of aryl methyl sites for hydroxylation is 1. The van der Waals surface area contributed by atoms with Crippen molar-refractivity contribution in [2.75, 3.05) is 30.9 Å². The van der Waals surface area contributed by atoms with E-state index < -0.39 is 64.7 Å². The maximum absolute atomic E-state index is 14.2. The van der Waals surface area contributed by atoms with Crippen molar-refractivity contribution in [3.8, 4) is 17.6 Å². The van der Waals surface area contributed by atoms with Crippen LogP contribution in [0, 0.1) is 23.6 Å². The van der Waals surface area contributed by atoms with Crippen LogP contribution in [0.3, 0.4) is 0 Å². The summed E-state index contributed by atoms with van der Waals surface area (Å²) >= 11 is 0. The van der Waals surface area contributed by atoms with Crippen LogP contribution >= 0.6 is 0 Å². The normalized spacial score (nSPS) is 15.8. The Balaban J connectivity index is 1.52. The summed E-state index contributed by atoms with van der Waals surface area (Å²) in [4.78, 5) is 39.8. The van der Waals surface area contributed by atoms with Gasteiger partial charge >= 0.3 is 11.9 Å². The molecule has 1 fully saturated rings. The molecule has 3 N–H and O–H groups in total. The smallest absolute Gasteiger partial charge is 0.304 e. The number of ether oxygens (including phenoxy) is 3. The van der Waals surface area contributed by atoms with E-state index in [1.807, 2.05) is 54.6 Å². The quantitative estimate of drug-likeness (QED) is 0.0518. The number of hydrogen-bond acceptors (Lipinski definition) is 10. The Bertz CT molecular complexity index is 2220. The highest BCUT2D eigenvalue weighted by Crippen LogP contribution is 2.49. The van der Waals surface area contributed by atoms with Crippen LogP contribution in [0.15, 0.2) is 97.1 Å². The maximum atomic E-state index is 14.2. The Kier molecular flexibility index (Phi) is 14.8. The molecule has 58 heavy (non-hydrogen) atoms. The number of carbonyl (C=O) groups excluding carboxylic acids is 3. The number of nitrogens with zero attached hydrogens (tertiary/aromatic N) is 1. The summed E-state index contributed by atoms with van der Waals surface area (Å²) < 4.78 is 56.5. The molecule has 12 nitrogen and oxygen atoms in total. The largest absolute Gasteiger partial charge is 0.488 e. The van der Waals surface area contributed by atoms with Crippen LogP contribution < -0.4 is 14.4 Å². The van der Waals surface area contributed by atoms with E-state index in [2.05, 4.69) is 16.6 Å². The third-order valence-corrected chi connectivity index (χ3v) is 10.3. The number of nitrogens with one attached hydrogen (secondary N) is 1. The zero-order valence-corrected chi connectivity index (χ0v) is 33.3. The van der Waals surface area contributed by atoms with Crippen molar-refractivity contribution in [2.45, 2.75) is 63.9 Å². The standard InChI is InChI=1S/C44H47FN2O10S/c1-30(50)56-40(35-14-16-36(45)17-15-35)22-21-39-42(47(43(39)52)37-18-11-32(12-19-37)10-7-25-46-58(3,53)54)38-20-13-33(23-24-44(28-48,29-49)57-31(2)51)26-41(38)55-27-34-8-5-4-6-9-34/h4-6,8-9,11-20,26,39-40,42,46,48-49H,7,10,21-22,25,27-29H2,1-3H3. The third kappa shape index (κ3) is 11.7. The number of β-lactam (4-membered cyclic amide) rings is 1. The number of anilines is 1. The molecule has 306 valence electrons. The summed E-state index contributed by atoms with van der Waals surface area (Å²) in [5.41, 5.74) is 2.27. The first-order chi connectivity index (χ1) is 27.7. The number of aliphatic hydroxyl groups is 2. The molecule has 5 rings (SSSR count). The molecule has 14 heteroatoms. The van der Waals surface area contributed by atoms with Gasteiger partial charge in [-0.05, 0) is 84.7 Å². The van der Waals surface area contributed by atoms with Crippen LogP contribution in [0.25, 0.3) is 0 Å². The summed E-state index contributed by atoms with van der Waals surface area (Å²) in [6, 6.07) is 27.2. The summed E-state index contributed by atoms with van der Waals surface area (Å²) in [5.74, 6) is 3.53. The van der Waals surface area contributed by atoms with Crippen LogP contribution in [0.4, 0.5) is 10.1 Å². The van der Waals surface area contributed by atoms with E-state index in [-0.39, 0.29) is 25.5 Å². The van der Waals surface area contributed by atoms with Gasteiger partial charge in [-0.3, -0.25) is 14.4 Å². The lowest BCUT2D eigenvalue weighted by Gasteiger charge is -2.48. The molecular weight excluding hydrogens is 768 g/mol. The fourth-order valence-electron chi connectivity index (χ4n) is 6.75. The minimum atomic E-state index is -3.30. The van der Waals surface area contributed by atoms with Crippen molar-refractivity contribution in [2.24, 2.45) is 5.92 Å². The van der Waals surface area contributed by atoms with Crippen molar-refractivity contribution >= 4 is 33.6 Å². The lowest BCUT2D eigenvalue weighted by atomic mass is 9.77. The van der Waals surface area contributed by atoms with E-state index in [4.69, 9.17) is 14.2 Å². The minimum Gasteiger partial charge on any atom is -0.488 e. The van der Waals surface area contributed by atoms with Gasteiger partial charge in [-0.15, -0.1) is 0 Å². The number of sulfonamides is 1. The second-order valence-electron chi connectivity index (χ2n) is 14.1. The Morgan fingerprint density at radius 3 is 2.24 bits per heavy atom. The second kappa shape index (κ2) is 19.7. The summed E-state index contributed by atoms with van der Waals surface area (Å²) in [6.45, 7) is 1.42. The number of aliphatic hydroxyl groups excluding tert-OH is 2. The van der Waals surface area contributed by atoms with E-state index in [0.717, 1.165) is 24.3 Å². The van der Waals surface area contributed by atoms with Crippen molar-refractivity contribution in [3.63, 3.8) is 0 Å². The Labute approximate surface area is 338 Å². The Morgan fingerprint density at radius 2 is 1.62 bits per heavy atom. The highest BCUT2D eigenvalue weighted by molar-refractivity contribution is 7.88. The highest BCUT2D eigenvalue weighted by atomic mass is 32.2. The topological polar surface area (TPSA) is 169 Å². The SMILES string of the molecule is CC(=O)OC(CCC1C(=O)N(c2ccc(CCCNS(C)(=O)=O)cc2)C1c1ccc(C#CC(CO)(CO)OC(C)=O)cc1OCc1ccccc1)c1ccc(F)cc1. The van der Waals surface area contributed by atoms with Crippen LogP contribution in [0.2, 0.25) is 0 Å². The molecule has 4 aromatic rings. The van der Waals surface area contributed by atoms with Gasteiger partial charge < -0.3 is 29.3 Å². The van der Waals surface area contributed by atoms with Gasteiger partial charge in [0.05, 0.1) is 31.4 Å². The van der Waals surface area contributed by atoms with E-state index in [1.165, 1.54) is 19.1 Å². The van der Waals surface area contributed by atoms with E-state index in [9.17, 15) is 37.4 Å². The molecule has 3 unspecified atom stereocenters. The number of amides is 1. The maximum Gasteiger partial charge on any atom is 0.304 e. The zero-order chi connectivity index (χ0) is 41.9. The second-order valence-corrected chi connectivity index (χ2v) is 15.9. The first-order valence-corrected chi connectivity index (χ1v) is 20.6. The Morgan fingerprint density at radius 1 is 0.931 bits per heavy atom. The lowest BCUT2D eigenvalue weighted by Crippen LogP contribution is -2.55. The monoisotopic (exact) mass is 814 g/mol. The van der Waals surface area contributed by atoms with Gasteiger partial charge in [0.1, 0.15) is 24.3 Å². The molecule has 4 aromatic carbocycles. The minimum absolute atomic E-state index is 0.169. The van der Waals surface area contributed by atoms with Crippen LogP contribution in [-0.2, 0) is 46.9 Å². The molecule has 1 aliphatic heterocycles. The van der Waals surface area contributed by atoms with E-state index in [1.54, 1.807) is 35.2 Å². The molecule has 1 amide bonds. The molecule has 0 aliphatic carbocycles. The molecule has 0 aromatic heterocycles. The number of benzene rings is 4. The van der Waals surface area contributed by atoms with E-state index in [0.29, 0.717) is 47.4 Å². The van der Waals surface area contributed by atoms with Gasteiger partial charge in [0.2, 0.25) is 21.5 Å². The van der Waals surface area contributed by atoms with Crippen molar-refractivity contribution in [3.05, 3.63) is 131 Å². The van der Waals surface area contributed by atoms with Crippen LogP contribution in [-0.4, -0.2) is 68.1 Å². The average Bonchev–Trinajstić information content (AvgIpc) is 3.19. The molecule has 0 bridgehead atoms. The van der Waals surface area contributed by atoms with Gasteiger partial charge in [0, 0.05) is 37.2 Å². The number of esters is 2. The number of halogens is 1. The first kappa shape index (κ1) is 43.5. The molecular formula is C44H47FN2O10S. The predicted molar refractivity (Wildman–Crippen MR) is 214 cm³/mol. The lowest BCUT2D eigenvalue weighted by molar-refractivity contribution is -0.158.